The van der Waals surface area contributed by atoms with Crippen LogP contribution in [0.2, 0.25) is 0 Å². The van der Waals surface area contributed by atoms with E-state index in [-0.39, 0.29) is 10.8 Å². The minimum absolute atomic E-state index is 0.191. The molecule has 0 radical (unpaired) electrons. The van der Waals surface area contributed by atoms with Crippen LogP contribution in [-0.4, -0.2) is 51.4 Å². The summed E-state index contributed by atoms with van der Waals surface area (Å²) in [6.45, 7) is 7.39. The van der Waals surface area contributed by atoms with Crippen molar-refractivity contribution in [1.29, 1.82) is 0 Å². The molecule has 1 aliphatic rings. The number of hydrogen-bond donors (Lipinski definition) is 2. The van der Waals surface area contributed by atoms with Gasteiger partial charge in [-0.15, -0.1) is 0 Å². The van der Waals surface area contributed by atoms with Crippen LogP contribution in [0.15, 0.2) is 29.2 Å². The number of sulfonamides is 1. The van der Waals surface area contributed by atoms with Crippen LogP contribution in [0.1, 0.15) is 37.0 Å². The summed E-state index contributed by atoms with van der Waals surface area (Å²) in [5.41, 5.74) is 0.470. The highest BCUT2D eigenvalue weighted by Gasteiger charge is 2.28. The minimum atomic E-state index is -3.46. The SMILES string of the molecule is CCNCCNC(=O)c1ccc(S(=O)(=O)N2CCC(C)CC2)cc1. The van der Waals surface area contributed by atoms with Gasteiger partial charge in [-0.25, -0.2) is 8.42 Å². The number of nitrogens with zero attached hydrogens (tertiary/aromatic N) is 1. The van der Waals surface area contributed by atoms with Crippen LogP contribution in [-0.2, 0) is 10.0 Å². The molecule has 6 nitrogen and oxygen atoms in total. The number of hydrogen-bond acceptors (Lipinski definition) is 4. The number of carbonyl (C=O) groups excluding carboxylic acids is 1. The average Bonchev–Trinajstić information content (AvgIpc) is 2.59. The lowest BCUT2D eigenvalue weighted by molar-refractivity contribution is 0.0954. The Bertz CT molecular complexity index is 636. The molecule has 134 valence electrons. The van der Waals surface area contributed by atoms with Crippen molar-refractivity contribution in [3.63, 3.8) is 0 Å². The van der Waals surface area contributed by atoms with Crippen molar-refractivity contribution >= 4 is 15.9 Å². The van der Waals surface area contributed by atoms with E-state index in [1.165, 1.54) is 12.1 Å². The Balaban J connectivity index is 1.99. The molecule has 24 heavy (non-hydrogen) atoms. The zero-order chi connectivity index (χ0) is 17.6. The summed E-state index contributed by atoms with van der Waals surface area (Å²) in [4.78, 5) is 12.3. The monoisotopic (exact) mass is 353 g/mol. The molecular weight excluding hydrogens is 326 g/mol. The van der Waals surface area contributed by atoms with Crippen LogP contribution in [0, 0.1) is 5.92 Å². The van der Waals surface area contributed by atoms with Gasteiger partial charge in [0.05, 0.1) is 4.90 Å². The summed E-state index contributed by atoms with van der Waals surface area (Å²) in [6, 6.07) is 6.18. The molecule has 0 aromatic heterocycles. The van der Waals surface area contributed by atoms with Gasteiger partial charge in [0.25, 0.3) is 5.91 Å². The Morgan fingerprint density at radius 1 is 1.17 bits per heavy atom. The number of likely N-dealkylation sites (N-methyl/N-ethyl adjacent to an activating group) is 1. The van der Waals surface area contributed by atoms with Crippen LogP contribution in [0.5, 0.6) is 0 Å². The van der Waals surface area contributed by atoms with Crippen molar-refractivity contribution < 1.29 is 13.2 Å². The van der Waals surface area contributed by atoms with E-state index in [0.29, 0.717) is 37.7 Å². The predicted octanol–water partition coefficient (Wildman–Crippen LogP) is 1.45. The molecule has 7 heteroatoms. The summed E-state index contributed by atoms with van der Waals surface area (Å²) in [7, 11) is -3.46. The van der Waals surface area contributed by atoms with Gasteiger partial charge in [0, 0.05) is 31.7 Å². The molecule has 2 rings (SSSR count). The molecular formula is C17H27N3O3S. The smallest absolute Gasteiger partial charge is 0.251 e. The molecule has 1 aromatic carbocycles. The highest BCUT2D eigenvalue weighted by Crippen LogP contribution is 2.23. The van der Waals surface area contributed by atoms with E-state index in [2.05, 4.69) is 17.6 Å². The summed E-state index contributed by atoms with van der Waals surface area (Å²) >= 11 is 0. The molecule has 1 heterocycles. The van der Waals surface area contributed by atoms with Gasteiger partial charge in [-0.1, -0.05) is 13.8 Å². The van der Waals surface area contributed by atoms with Gasteiger partial charge in [0.15, 0.2) is 0 Å². The maximum absolute atomic E-state index is 12.6. The molecule has 1 amide bonds. The van der Waals surface area contributed by atoms with Crippen LogP contribution in [0.3, 0.4) is 0 Å². The maximum atomic E-state index is 12.6. The number of nitrogens with one attached hydrogen (secondary N) is 2. The summed E-state index contributed by atoms with van der Waals surface area (Å²) in [6.07, 6.45) is 1.79. The first-order valence-corrected chi connectivity index (χ1v) is 9.98. The Morgan fingerprint density at radius 2 is 1.79 bits per heavy atom. The largest absolute Gasteiger partial charge is 0.351 e. The molecule has 0 bridgehead atoms. The highest BCUT2D eigenvalue weighted by molar-refractivity contribution is 7.89. The van der Waals surface area contributed by atoms with E-state index in [1.807, 2.05) is 6.92 Å². The third-order valence-electron chi connectivity index (χ3n) is 4.33. The van der Waals surface area contributed by atoms with Crippen molar-refractivity contribution in [3.8, 4) is 0 Å². The van der Waals surface area contributed by atoms with E-state index < -0.39 is 10.0 Å². The van der Waals surface area contributed by atoms with Gasteiger partial charge >= 0.3 is 0 Å². The van der Waals surface area contributed by atoms with Crippen LogP contribution < -0.4 is 10.6 Å². The van der Waals surface area contributed by atoms with Gasteiger partial charge in [-0.05, 0) is 49.6 Å². The Kier molecular flexibility index (Phi) is 6.77. The van der Waals surface area contributed by atoms with E-state index in [4.69, 9.17) is 0 Å². The fraction of sp³-hybridized carbons (Fsp3) is 0.588. The molecule has 1 aliphatic heterocycles. The summed E-state index contributed by atoms with van der Waals surface area (Å²) in [5.74, 6) is 0.383. The second kappa shape index (κ2) is 8.60. The highest BCUT2D eigenvalue weighted by atomic mass is 32.2. The molecule has 1 aromatic rings. The van der Waals surface area contributed by atoms with Gasteiger partial charge in [-0.3, -0.25) is 4.79 Å². The number of amides is 1. The van der Waals surface area contributed by atoms with Crippen molar-refractivity contribution in [3.05, 3.63) is 29.8 Å². The van der Waals surface area contributed by atoms with Gasteiger partial charge in [-0.2, -0.15) is 4.31 Å². The molecule has 0 unspecified atom stereocenters. The molecule has 0 spiro atoms. The standard InChI is InChI=1S/C17H27N3O3S/c1-3-18-10-11-19-17(21)15-4-6-16(7-5-15)24(22,23)20-12-8-14(2)9-13-20/h4-7,14,18H,3,8-13H2,1-2H3,(H,19,21). The normalized spacial score (nSPS) is 16.9. The second-order valence-electron chi connectivity index (χ2n) is 6.22. The zero-order valence-electron chi connectivity index (χ0n) is 14.4. The first-order chi connectivity index (χ1) is 11.4. The van der Waals surface area contributed by atoms with E-state index >= 15 is 0 Å². The summed E-state index contributed by atoms with van der Waals surface area (Å²) < 4.78 is 26.8. The van der Waals surface area contributed by atoms with E-state index in [1.54, 1.807) is 16.4 Å². The van der Waals surface area contributed by atoms with E-state index in [9.17, 15) is 13.2 Å². The van der Waals surface area contributed by atoms with Crippen LogP contribution in [0.4, 0.5) is 0 Å². The van der Waals surface area contributed by atoms with Gasteiger partial charge < -0.3 is 10.6 Å². The van der Waals surface area contributed by atoms with Crippen molar-refractivity contribution in [1.82, 2.24) is 14.9 Å². The van der Waals surface area contributed by atoms with E-state index in [0.717, 1.165) is 19.4 Å². The third kappa shape index (κ3) is 4.78. The van der Waals surface area contributed by atoms with Gasteiger partial charge in [0.1, 0.15) is 0 Å². The molecule has 0 aliphatic carbocycles. The van der Waals surface area contributed by atoms with Gasteiger partial charge in [0.2, 0.25) is 10.0 Å². The second-order valence-corrected chi connectivity index (χ2v) is 8.16. The maximum Gasteiger partial charge on any atom is 0.251 e. The zero-order valence-corrected chi connectivity index (χ0v) is 15.2. The topological polar surface area (TPSA) is 78.5 Å². The fourth-order valence-electron chi connectivity index (χ4n) is 2.70. The quantitative estimate of drug-likeness (QED) is 0.727. The number of rotatable bonds is 7. The first kappa shape index (κ1) is 18.9. The van der Waals surface area contributed by atoms with Crippen molar-refractivity contribution in [2.75, 3.05) is 32.7 Å². The minimum Gasteiger partial charge on any atom is -0.351 e. The Labute approximate surface area is 144 Å². The fourth-order valence-corrected chi connectivity index (χ4v) is 4.17. The van der Waals surface area contributed by atoms with Crippen LogP contribution >= 0.6 is 0 Å². The average molecular weight is 353 g/mol. The number of benzene rings is 1. The first-order valence-electron chi connectivity index (χ1n) is 8.54. The number of carbonyl (C=O) groups is 1. The molecule has 0 atom stereocenters. The molecule has 1 fully saturated rings. The third-order valence-corrected chi connectivity index (χ3v) is 6.25. The predicted molar refractivity (Wildman–Crippen MR) is 94.5 cm³/mol. The van der Waals surface area contributed by atoms with Crippen molar-refractivity contribution in [2.24, 2.45) is 5.92 Å². The molecule has 0 saturated carbocycles. The molecule has 2 N–H and O–H groups in total. The lowest BCUT2D eigenvalue weighted by Crippen LogP contribution is -2.37. The van der Waals surface area contributed by atoms with Crippen molar-refractivity contribution in [2.45, 2.75) is 31.6 Å². The lowest BCUT2D eigenvalue weighted by Gasteiger charge is -2.29. The Hall–Kier alpha value is -1.44. The Morgan fingerprint density at radius 3 is 2.38 bits per heavy atom. The lowest BCUT2D eigenvalue weighted by atomic mass is 10.0. The number of piperidine rings is 1. The molecule has 1 saturated heterocycles. The van der Waals surface area contributed by atoms with Crippen LogP contribution in [0.25, 0.3) is 0 Å². The summed E-state index contributed by atoms with van der Waals surface area (Å²) in [5, 5.41) is 5.92.